The largest absolute Gasteiger partial charge is 0.376 e. The summed E-state index contributed by atoms with van der Waals surface area (Å²) in [4.78, 5) is 11.2. The van der Waals surface area contributed by atoms with E-state index in [1.165, 1.54) is 18.4 Å². The standard InChI is InChI=1S/C17H23N5O/c1-21-11-14(10-20-21)9-15-16(23-12-13-3-4-13)5-8-22(15)17-18-6-2-7-19-17/h2,6-7,10-11,13,15-16H,3-5,8-9,12H2,1H3/t15-,16-/m0/s1. The number of aryl methyl sites for hydroxylation is 1. The molecule has 122 valence electrons. The van der Waals surface area contributed by atoms with E-state index in [4.69, 9.17) is 4.74 Å². The molecule has 23 heavy (non-hydrogen) atoms. The number of rotatable bonds is 6. The van der Waals surface area contributed by atoms with E-state index in [0.29, 0.717) is 0 Å². The average molecular weight is 313 g/mol. The van der Waals surface area contributed by atoms with E-state index in [1.807, 2.05) is 36.4 Å². The molecule has 0 aromatic carbocycles. The molecule has 1 aliphatic carbocycles. The predicted molar refractivity (Wildman–Crippen MR) is 87.2 cm³/mol. The molecule has 1 aliphatic heterocycles. The molecular formula is C17H23N5O. The van der Waals surface area contributed by atoms with Gasteiger partial charge in [0.1, 0.15) is 0 Å². The van der Waals surface area contributed by atoms with Crippen molar-refractivity contribution in [2.45, 2.75) is 37.8 Å². The molecule has 2 aromatic rings. The van der Waals surface area contributed by atoms with Gasteiger partial charge in [0.05, 0.1) is 18.3 Å². The third kappa shape index (κ3) is 3.37. The van der Waals surface area contributed by atoms with E-state index < -0.39 is 0 Å². The lowest BCUT2D eigenvalue weighted by Crippen LogP contribution is -2.39. The van der Waals surface area contributed by atoms with E-state index in [0.717, 1.165) is 37.9 Å². The van der Waals surface area contributed by atoms with Crippen molar-refractivity contribution in [2.75, 3.05) is 18.1 Å². The van der Waals surface area contributed by atoms with Crippen molar-refractivity contribution >= 4 is 5.95 Å². The van der Waals surface area contributed by atoms with Gasteiger partial charge in [0.25, 0.3) is 0 Å². The molecule has 6 nitrogen and oxygen atoms in total. The molecule has 2 aliphatic rings. The molecule has 1 saturated carbocycles. The maximum atomic E-state index is 6.25. The summed E-state index contributed by atoms with van der Waals surface area (Å²) in [7, 11) is 1.96. The summed E-state index contributed by atoms with van der Waals surface area (Å²) < 4.78 is 8.10. The fourth-order valence-electron chi connectivity index (χ4n) is 3.31. The SMILES string of the molecule is Cn1cc(C[C@H]2[C@@H](OCC3CC3)CCN2c2ncccn2)cn1. The molecule has 2 fully saturated rings. The Kier molecular flexibility index (Phi) is 3.99. The number of nitrogens with zero attached hydrogens (tertiary/aromatic N) is 5. The summed E-state index contributed by atoms with van der Waals surface area (Å²) in [5.41, 5.74) is 1.24. The van der Waals surface area contributed by atoms with Crippen LogP contribution >= 0.6 is 0 Å². The van der Waals surface area contributed by atoms with Crippen molar-refractivity contribution in [3.63, 3.8) is 0 Å². The van der Waals surface area contributed by atoms with Crippen molar-refractivity contribution in [1.29, 1.82) is 0 Å². The first-order valence-corrected chi connectivity index (χ1v) is 8.42. The van der Waals surface area contributed by atoms with Gasteiger partial charge in [0.2, 0.25) is 5.95 Å². The molecule has 0 spiro atoms. The highest BCUT2D eigenvalue weighted by atomic mass is 16.5. The zero-order valence-electron chi connectivity index (χ0n) is 13.5. The summed E-state index contributed by atoms with van der Waals surface area (Å²) >= 11 is 0. The van der Waals surface area contributed by atoms with Crippen LogP contribution in [0.25, 0.3) is 0 Å². The predicted octanol–water partition coefficient (Wildman–Crippen LogP) is 1.83. The van der Waals surface area contributed by atoms with Crippen LogP contribution in [0.4, 0.5) is 5.95 Å². The molecule has 2 atom stereocenters. The molecular weight excluding hydrogens is 290 g/mol. The lowest BCUT2D eigenvalue weighted by atomic mass is 10.0. The molecule has 6 heteroatoms. The first-order valence-electron chi connectivity index (χ1n) is 8.42. The number of hydrogen-bond donors (Lipinski definition) is 0. The summed E-state index contributed by atoms with van der Waals surface area (Å²) in [6.07, 6.45) is 12.5. The smallest absolute Gasteiger partial charge is 0.225 e. The lowest BCUT2D eigenvalue weighted by Gasteiger charge is -2.28. The maximum Gasteiger partial charge on any atom is 0.225 e. The number of ether oxygens (including phenoxy) is 1. The second kappa shape index (κ2) is 6.28. The minimum atomic E-state index is 0.250. The van der Waals surface area contributed by atoms with Crippen LogP contribution in [0.1, 0.15) is 24.8 Å². The summed E-state index contributed by atoms with van der Waals surface area (Å²) in [5, 5.41) is 4.29. The Labute approximate surface area is 136 Å². The Hall–Kier alpha value is -1.95. The first-order chi connectivity index (χ1) is 11.3. The normalized spacial score (nSPS) is 24.3. The number of aromatic nitrogens is 4. The third-order valence-electron chi connectivity index (χ3n) is 4.74. The molecule has 3 heterocycles. The van der Waals surface area contributed by atoms with E-state index in [1.54, 1.807) is 0 Å². The van der Waals surface area contributed by atoms with Gasteiger partial charge in [-0.05, 0) is 43.2 Å². The van der Waals surface area contributed by atoms with Gasteiger partial charge in [0, 0.05) is 38.8 Å². The zero-order chi connectivity index (χ0) is 15.6. The van der Waals surface area contributed by atoms with Crippen molar-refractivity contribution in [2.24, 2.45) is 13.0 Å². The van der Waals surface area contributed by atoms with Crippen molar-refractivity contribution in [3.8, 4) is 0 Å². The molecule has 0 unspecified atom stereocenters. The van der Waals surface area contributed by atoms with Gasteiger partial charge in [-0.2, -0.15) is 5.10 Å². The maximum absolute atomic E-state index is 6.25. The Bertz CT molecular complexity index is 639. The number of hydrogen-bond acceptors (Lipinski definition) is 5. The Morgan fingerprint density at radius 1 is 1.22 bits per heavy atom. The van der Waals surface area contributed by atoms with Crippen LogP contribution in [-0.4, -0.2) is 45.0 Å². The van der Waals surface area contributed by atoms with Crippen molar-refractivity contribution < 1.29 is 4.74 Å². The summed E-state index contributed by atoms with van der Waals surface area (Å²) in [5.74, 6) is 1.59. The first kappa shape index (κ1) is 14.6. The minimum Gasteiger partial charge on any atom is -0.376 e. The second-order valence-corrected chi connectivity index (χ2v) is 6.64. The Morgan fingerprint density at radius 2 is 2.04 bits per heavy atom. The van der Waals surface area contributed by atoms with Crippen LogP contribution in [-0.2, 0) is 18.2 Å². The molecule has 0 radical (unpaired) electrons. The molecule has 4 rings (SSSR count). The molecule has 0 bridgehead atoms. The second-order valence-electron chi connectivity index (χ2n) is 6.64. The van der Waals surface area contributed by atoms with E-state index in [9.17, 15) is 0 Å². The van der Waals surface area contributed by atoms with Gasteiger partial charge >= 0.3 is 0 Å². The quantitative estimate of drug-likeness (QED) is 0.814. The third-order valence-corrected chi connectivity index (χ3v) is 4.74. The fourth-order valence-corrected chi connectivity index (χ4v) is 3.31. The van der Waals surface area contributed by atoms with Crippen LogP contribution in [0.3, 0.4) is 0 Å². The highest BCUT2D eigenvalue weighted by Crippen LogP contribution is 2.32. The monoisotopic (exact) mass is 313 g/mol. The average Bonchev–Trinajstić information content (AvgIpc) is 3.19. The molecule has 2 aromatic heterocycles. The van der Waals surface area contributed by atoms with E-state index >= 15 is 0 Å². The van der Waals surface area contributed by atoms with Crippen molar-refractivity contribution in [3.05, 3.63) is 36.4 Å². The fraction of sp³-hybridized carbons (Fsp3) is 0.588. The zero-order valence-corrected chi connectivity index (χ0v) is 13.5. The van der Waals surface area contributed by atoms with Crippen LogP contribution in [0.5, 0.6) is 0 Å². The highest BCUT2D eigenvalue weighted by molar-refractivity contribution is 5.35. The van der Waals surface area contributed by atoms with Crippen LogP contribution in [0, 0.1) is 5.92 Å². The van der Waals surface area contributed by atoms with Crippen LogP contribution in [0.15, 0.2) is 30.9 Å². The summed E-state index contributed by atoms with van der Waals surface area (Å²) in [6.45, 7) is 1.85. The molecule has 0 amide bonds. The van der Waals surface area contributed by atoms with Gasteiger partial charge in [-0.1, -0.05) is 0 Å². The van der Waals surface area contributed by atoms with Crippen molar-refractivity contribution in [1.82, 2.24) is 19.7 Å². The topological polar surface area (TPSA) is 56.1 Å². The Balaban J connectivity index is 1.52. The van der Waals surface area contributed by atoms with Gasteiger partial charge in [-0.3, -0.25) is 4.68 Å². The van der Waals surface area contributed by atoms with Gasteiger partial charge in [-0.25, -0.2) is 9.97 Å². The number of anilines is 1. The highest BCUT2D eigenvalue weighted by Gasteiger charge is 2.37. The Morgan fingerprint density at radius 3 is 2.74 bits per heavy atom. The van der Waals surface area contributed by atoms with Gasteiger partial charge < -0.3 is 9.64 Å². The van der Waals surface area contributed by atoms with E-state index in [-0.39, 0.29) is 12.1 Å². The molecule has 0 N–H and O–H groups in total. The minimum absolute atomic E-state index is 0.250. The van der Waals surface area contributed by atoms with Crippen LogP contribution < -0.4 is 4.90 Å². The lowest BCUT2D eigenvalue weighted by molar-refractivity contribution is 0.0406. The van der Waals surface area contributed by atoms with Gasteiger partial charge in [0.15, 0.2) is 0 Å². The molecule has 1 saturated heterocycles. The van der Waals surface area contributed by atoms with E-state index in [2.05, 4.69) is 26.2 Å². The summed E-state index contributed by atoms with van der Waals surface area (Å²) in [6, 6.07) is 2.14. The van der Waals surface area contributed by atoms with Gasteiger partial charge in [-0.15, -0.1) is 0 Å². The van der Waals surface area contributed by atoms with Crippen LogP contribution in [0.2, 0.25) is 0 Å².